The van der Waals surface area contributed by atoms with E-state index in [1.165, 1.54) is 11.3 Å². The highest BCUT2D eigenvalue weighted by atomic mass is 32.2. The van der Waals surface area contributed by atoms with E-state index >= 15 is 0 Å². The highest BCUT2D eigenvalue weighted by Crippen LogP contribution is 2.24. The summed E-state index contributed by atoms with van der Waals surface area (Å²) in [4.78, 5) is 14.8. The van der Waals surface area contributed by atoms with E-state index in [1.807, 2.05) is 18.4 Å². The van der Waals surface area contributed by atoms with Gasteiger partial charge in [-0.05, 0) is 19.1 Å². The third-order valence-corrected chi connectivity index (χ3v) is 4.70. The monoisotopic (exact) mass is 326 g/mol. The van der Waals surface area contributed by atoms with Crippen LogP contribution >= 0.6 is 11.3 Å². The maximum atomic E-state index is 11.8. The van der Waals surface area contributed by atoms with Gasteiger partial charge in [-0.3, -0.25) is 9.52 Å². The van der Waals surface area contributed by atoms with E-state index in [0.717, 1.165) is 16.3 Å². The number of carbonyl (C=O) groups is 1. The van der Waals surface area contributed by atoms with Gasteiger partial charge in [-0.15, -0.1) is 11.3 Å². The maximum absolute atomic E-state index is 11.8. The second kappa shape index (κ2) is 6.23. The Kier molecular flexibility index (Phi) is 4.59. The number of rotatable bonds is 6. The summed E-state index contributed by atoms with van der Waals surface area (Å²) in [6, 6.07) is 6.84. The smallest absolute Gasteiger partial charge is 0.304 e. The first-order valence-corrected chi connectivity index (χ1v) is 8.64. The predicted molar refractivity (Wildman–Crippen MR) is 81.9 cm³/mol. The lowest BCUT2D eigenvalue weighted by Gasteiger charge is -2.08. The zero-order chi connectivity index (χ0) is 15.5. The van der Waals surface area contributed by atoms with Crippen molar-refractivity contribution < 1.29 is 18.3 Å². The van der Waals surface area contributed by atoms with Gasteiger partial charge in [0.1, 0.15) is 0 Å². The zero-order valence-electron chi connectivity index (χ0n) is 11.2. The Morgan fingerprint density at radius 1 is 1.43 bits per heavy atom. The molecule has 112 valence electrons. The van der Waals surface area contributed by atoms with Crippen molar-refractivity contribution in [2.45, 2.75) is 13.3 Å². The standard InChI is InChI=1S/C13H14N2O4S2/c1-9-14-12(8-20-9)10-3-2-4-11(7-10)15-21(18,19)6-5-13(16)17/h2-4,7-8,15H,5-6H2,1H3,(H,16,17). The summed E-state index contributed by atoms with van der Waals surface area (Å²) in [5.41, 5.74) is 1.98. The summed E-state index contributed by atoms with van der Waals surface area (Å²) in [5, 5.41) is 11.4. The second-order valence-electron chi connectivity index (χ2n) is 4.40. The fraction of sp³-hybridized carbons (Fsp3) is 0.231. The molecule has 0 radical (unpaired) electrons. The van der Waals surface area contributed by atoms with Gasteiger partial charge in [0.05, 0.1) is 22.9 Å². The fourth-order valence-corrected chi connectivity index (χ4v) is 3.34. The minimum Gasteiger partial charge on any atom is -0.481 e. The number of hydrogen-bond acceptors (Lipinski definition) is 5. The van der Waals surface area contributed by atoms with Crippen molar-refractivity contribution in [2.75, 3.05) is 10.5 Å². The fourth-order valence-electron chi connectivity index (χ4n) is 1.69. The number of thiazole rings is 1. The summed E-state index contributed by atoms with van der Waals surface area (Å²) in [6.07, 6.45) is -0.430. The number of aromatic nitrogens is 1. The molecule has 0 bridgehead atoms. The molecule has 0 aliphatic heterocycles. The van der Waals surface area contributed by atoms with Crippen molar-refractivity contribution in [2.24, 2.45) is 0 Å². The van der Waals surface area contributed by atoms with Crippen molar-refractivity contribution in [3.8, 4) is 11.3 Å². The van der Waals surface area contributed by atoms with Crippen LogP contribution in [0, 0.1) is 6.92 Å². The first-order chi connectivity index (χ1) is 9.85. The molecule has 6 nitrogen and oxygen atoms in total. The number of sulfonamides is 1. The second-order valence-corrected chi connectivity index (χ2v) is 7.30. The number of benzene rings is 1. The molecule has 0 fully saturated rings. The van der Waals surface area contributed by atoms with Crippen LogP contribution in [0.25, 0.3) is 11.3 Å². The molecule has 0 saturated carbocycles. The van der Waals surface area contributed by atoms with E-state index in [9.17, 15) is 13.2 Å². The van der Waals surface area contributed by atoms with Crippen LogP contribution in [0.2, 0.25) is 0 Å². The first-order valence-electron chi connectivity index (χ1n) is 6.10. The van der Waals surface area contributed by atoms with Crippen LogP contribution in [-0.4, -0.2) is 30.2 Å². The van der Waals surface area contributed by atoms with E-state index in [1.54, 1.807) is 18.2 Å². The van der Waals surface area contributed by atoms with Gasteiger partial charge in [-0.1, -0.05) is 12.1 Å². The highest BCUT2D eigenvalue weighted by Gasteiger charge is 2.13. The molecule has 2 aromatic rings. The van der Waals surface area contributed by atoms with E-state index in [4.69, 9.17) is 5.11 Å². The maximum Gasteiger partial charge on any atom is 0.304 e. The quantitative estimate of drug-likeness (QED) is 0.849. The Bertz CT molecular complexity index is 753. The molecule has 1 aromatic carbocycles. The molecule has 1 aromatic heterocycles. The average molecular weight is 326 g/mol. The lowest BCUT2D eigenvalue weighted by atomic mass is 10.1. The van der Waals surface area contributed by atoms with Crippen LogP contribution in [0.15, 0.2) is 29.6 Å². The van der Waals surface area contributed by atoms with Crippen LogP contribution in [0.4, 0.5) is 5.69 Å². The van der Waals surface area contributed by atoms with Crippen LogP contribution in [0.1, 0.15) is 11.4 Å². The van der Waals surface area contributed by atoms with Crippen molar-refractivity contribution in [1.29, 1.82) is 0 Å². The van der Waals surface area contributed by atoms with Gasteiger partial charge < -0.3 is 5.11 Å². The van der Waals surface area contributed by atoms with Gasteiger partial charge in [-0.25, -0.2) is 13.4 Å². The largest absolute Gasteiger partial charge is 0.481 e. The van der Waals surface area contributed by atoms with Gasteiger partial charge in [0.25, 0.3) is 0 Å². The molecule has 0 unspecified atom stereocenters. The molecule has 0 atom stereocenters. The number of carboxylic acids is 1. The summed E-state index contributed by atoms with van der Waals surface area (Å²) in [6.45, 7) is 1.90. The number of nitrogens with one attached hydrogen (secondary N) is 1. The van der Waals surface area contributed by atoms with Gasteiger partial charge >= 0.3 is 5.97 Å². The summed E-state index contributed by atoms with van der Waals surface area (Å²) in [7, 11) is -3.67. The molecule has 2 N–H and O–H groups in total. The number of aliphatic carboxylic acids is 1. The zero-order valence-corrected chi connectivity index (χ0v) is 12.9. The van der Waals surface area contributed by atoms with Gasteiger partial charge in [-0.2, -0.15) is 0 Å². The van der Waals surface area contributed by atoms with Crippen LogP contribution in [-0.2, 0) is 14.8 Å². The molecule has 0 spiro atoms. The van der Waals surface area contributed by atoms with Crippen molar-refractivity contribution in [1.82, 2.24) is 4.98 Å². The Hall–Kier alpha value is -1.93. The lowest BCUT2D eigenvalue weighted by Crippen LogP contribution is -2.18. The van der Waals surface area contributed by atoms with E-state index in [0.29, 0.717) is 5.69 Å². The number of anilines is 1. The number of hydrogen-bond donors (Lipinski definition) is 2. The summed E-state index contributed by atoms with van der Waals surface area (Å²) < 4.78 is 25.9. The highest BCUT2D eigenvalue weighted by molar-refractivity contribution is 7.92. The summed E-state index contributed by atoms with van der Waals surface area (Å²) >= 11 is 1.51. The Morgan fingerprint density at radius 2 is 2.19 bits per heavy atom. The lowest BCUT2D eigenvalue weighted by molar-refractivity contribution is -0.136. The van der Waals surface area contributed by atoms with E-state index in [-0.39, 0.29) is 0 Å². The van der Waals surface area contributed by atoms with Crippen molar-refractivity contribution >= 4 is 33.0 Å². The van der Waals surface area contributed by atoms with E-state index in [2.05, 4.69) is 9.71 Å². The van der Waals surface area contributed by atoms with Crippen LogP contribution in [0.3, 0.4) is 0 Å². The molecule has 0 aliphatic rings. The van der Waals surface area contributed by atoms with E-state index < -0.39 is 28.2 Å². The van der Waals surface area contributed by atoms with Gasteiger partial charge in [0.15, 0.2) is 0 Å². The number of carboxylic acid groups (broad SMARTS) is 1. The molecular formula is C13H14N2O4S2. The SMILES string of the molecule is Cc1nc(-c2cccc(NS(=O)(=O)CCC(=O)O)c2)cs1. The minimum absolute atomic E-state index is 0.392. The molecule has 2 rings (SSSR count). The van der Waals surface area contributed by atoms with Gasteiger partial charge in [0.2, 0.25) is 10.0 Å². The van der Waals surface area contributed by atoms with Crippen LogP contribution in [0.5, 0.6) is 0 Å². The topological polar surface area (TPSA) is 96.4 Å². The number of nitrogens with zero attached hydrogens (tertiary/aromatic N) is 1. The molecular weight excluding hydrogens is 312 g/mol. The molecule has 0 amide bonds. The number of aryl methyl sites for hydroxylation is 1. The summed E-state index contributed by atoms with van der Waals surface area (Å²) in [5.74, 6) is -1.60. The predicted octanol–water partition coefficient (Wildman–Crippen LogP) is 2.33. The molecule has 21 heavy (non-hydrogen) atoms. The molecule has 1 heterocycles. The molecule has 8 heteroatoms. The van der Waals surface area contributed by atoms with Crippen molar-refractivity contribution in [3.63, 3.8) is 0 Å². The normalized spacial score (nSPS) is 11.3. The van der Waals surface area contributed by atoms with Crippen LogP contribution < -0.4 is 4.72 Å². The Labute approximate surface area is 126 Å². The first kappa shape index (κ1) is 15.5. The third-order valence-electron chi connectivity index (χ3n) is 2.64. The van der Waals surface area contributed by atoms with Crippen molar-refractivity contribution in [3.05, 3.63) is 34.7 Å². The average Bonchev–Trinajstić information content (AvgIpc) is 2.83. The molecule has 0 saturated heterocycles. The molecule has 0 aliphatic carbocycles. The Morgan fingerprint density at radius 3 is 2.81 bits per heavy atom. The third kappa shape index (κ3) is 4.54. The Balaban J connectivity index is 2.16. The van der Waals surface area contributed by atoms with Gasteiger partial charge in [0, 0.05) is 16.6 Å². The minimum atomic E-state index is -3.67.